The van der Waals surface area contributed by atoms with E-state index in [1.54, 1.807) is 7.11 Å². The molecule has 0 saturated heterocycles. The SMILES string of the molecule is COC(C)CCC(=O)NC1(CO)CCCC1. The van der Waals surface area contributed by atoms with Gasteiger partial charge in [0.1, 0.15) is 0 Å². The van der Waals surface area contributed by atoms with E-state index in [9.17, 15) is 9.90 Å². The summed E-state index contributed by atoms with van der Waals surface area (Å²) in [6, 6.07) is 0. The molecule has 0 aliphatic heterocycles. The Bertz CT molecular complexity index is 224. The van der Waals surface area contributed by atoms with Crippen LogP contribution in [0.5, 0.6) is 0 Å². The summed E-state index contributed by atoms with van der Waals surface area (Å²) in [5.74, 6) is 0.0276. The fourth-order valence-electron chi connectivity index (χ4n) is 2.18. The summed E-state index contributed by atoms with van der Waals surface area (Å²) in [6.07, 6.45) is 5.29. The minimum atomic E-state index is -0.340. The van der Waals surface area contributed by atoms with E-state index in [1.165, 1.54) is 0 Å². The van der Waals surface area contributed by atoms with Crippen molar-refractivity contribution >= 4 is 5.91 Å². The van der Waals surface area contributed by atoms with Crippen molar-refractivity contribution in [3.05, 3.63) is 0 Å². The third kappa shape index (κ3) is 3.76. The van der Waals surface area contributed by atoms with Crippen molar-refractivity contribution in [2.75, 3.05) is 13.7 Å². The van der Waals surface area contributed by atoms with E-state index in [2.05, 4.69) is 5.32 Å². The Morgan fingerprint density at radius 1 is 1.50 bits per heavy atom. The maximum atomic E-state index is 11.7. The van der Waals surface area contributed by atoms with E-state index in [0.29, 0.717) is 6.42 Å². The Balaban J connectivity index is 2.32. The van der Waals surface area contributed by atoms with Crippen LogP contribution in [0, 0.1) is 0 Å². The van der Waals surface area contributed by atoms with E-state index in [1.807, 2.05) is 6.92 Å². The van der Waals surface area contributed by atoms with Gasteiger partial charge in [-0.15, -0.1) is 0 Å². The summed E-state index contributed by atoms with van der Waals surface area (Å²) in [4.78, 5) is 11.7. The van der Waals surface area contributed by atoms with Gasteiger partial charge < -0.3 is 15.2 Å². The van der Waals surface area contributed by atoms with Crippen LogP contribution < -0.4 is 5.32 Å². The molecule has 1 fully saturated rings. The molecule has 0 radical (unpaired) electrons. The molecule has 1 saturated carbocycles. The molecule has 16 heavy (non-hydrogen) atoms. The second-order valence-electron chi connectivity index (χ2n) is 4.78. The molecular weight excluding hydrogens is 206 g/mol. The highest BCUT2D eigenvalue weighted by Gasteiger charge is 2.34. The average Bonchev–Trinajstić information content (AvgIpc) is 2.75. The molecule has 1 unspecified atom stereocenters. The molecule has 0 aromatic heterocycles. The average molecular weight is 229 g/mol. The molecule has 1 aliphatic carbocycles. The summed E-state index contributed by atoms with van der Waals surface area (Å²) < 4.78 is 5.09. The smallest absolute Gasteiger partial charge is 0.220 e. The standard InChI is InChI=1S/C12H23NO3/c1-10(16-2)5-6-11(15)13-12(9-14)7-3-4-8-12/h10,14H,3-9H2,1-2H3,(H,13,15). The van der Waals surface area contributed by atoms with Crippen LogP contribution in [-0.4, -0.2) is 36.4 Å². The Morgan fingerprint density at radius 2 is 2.12 bits per heavy atom. The fourth-order valence-corrected chi connectivity index (χ4v) is 2.18. The molecule has 1 rings (SSSR count). The predicted octanol–water partition coefficient (Wildman–Crippen LogP) is 1.22. The second kappa shape index (κ2) is 6.21. The zero-order valence-electron chi connectivity index (χ0n) is 10.3. The van der Waals surface area contributed by atoms with E-state index in [4.69, 9.17) is 4.74 Å². The van der Waals surface area contributed by atoms with Gasteiger partial charge >= 0.3 is 0 Å². The number of carbonyl (C=O) groups is 1. The molecule has 4 nitrogen and oxygen atoms in total. The van der Waals surface area contributed by atoms with Crippen LogP contribution in [0.15, 0.2) is 0 Å². The monoisotopic (exact) mass is 229 g/mol. The summed E-state index contributed by atoms with van der Waals surface area (Å²) in [7, 11) is 1.65. The Hall–Kier alpha value is -0.610. The normalized spacial score (nSPS) is 20.7. The highest BCUT2D eigenvalue weighted by Crippen LogP contribution is 2.29. The molecule has 0 heterocycles. The molecule has 0 spiro atoms. The van der Waals surface area contributed by atoms with Gasteiger partial charge in [0, 0.05) is 13.5 Å². The first kappa shape index (κ1) is 13.5. The number of ether oxygens (including phenoxy) is 1. The number of hydrogen-bond acceptors (Lipinski definition) is 3. The van der Waals surface area contributed by atoms with Gasteiger partial charge in [-0.25, -0.2) is 0 Å². The van der Waals surface area contributed by atoms with E-state index in [0.717, 1.165) is 32.1 Å². The van der Waals surface area contributed by atoms with Gasteiger partial charge in [0.05, 0.1) is 18.2 Å². The topological polar surface area (TPSA) is 58.6 Å². The Kier molecular flexibility index (Phi) is 5.22. The lowest BCUT2D eigenvalue weighted by atomic mass is 9.98. The molecule has 1 aliphatic rings. The summed E-state index contributed by atoms with van der Waals surface area (Å²) in [5.41, 5.74) is -0.340. The molecule has 1 amide bonds. The number of aliphatic hydroxyl groups excluding tert-OH is 1. The third-order valence-corrected chi connectivity index (χ3v) is 3.45. The number of carbonyl (C=O) groups excluding carboxylic acids is 1. The number of nitrogens with one attached hydrogen (secondary N) is 1. The van der Waals surface area contributed by atoms with Crippen LogP contribution in [0.25, 0.3) is 0 Å². The number of rotatable bonds is 6. The van der Waals surface area contributed by atoms with Crippen molar-refractivity contribution in [1.82, 2.24) is 5.32 Å². The van der Waals surface area contributed by atoms with Crippen LogP contribution in [0.4, 0.5) is 0 Å². The van der Waals surface area contributed by atoms with Crippen molar-refractivity contribution in [3.63, 3.8) is 0 Å². The third-order valence-electron chi connectivity index (χ3n) is 3.45. The van der Waals surface area contributed by atoms with Crippen LogP contribution in [0.1, 0.15) is 45.4 Å². The van der Waals surface area contributed by atoms with Crippen LogP contribution in [0.3, 0.4) is 0 Å². The van der Waals surface area contributed by atoms with Gasteiger partial charge in [-0.1, -0.05) is 12.8 Å². The highest BCUT2D eigenvalue weighted by molar-refractivity contribution is 5.76. The zero-order valence-corrected chi connectivity index (χ0v) is 10.3. The van der Waals surface area contributed by atoms with Crippen molar-refractivity contribution in [3.8, 4) is 0 Å². The Labute approximate surface area is 97.4 Å². The van der Waals surface area contributed by atoms with Crippen molar-refractivity contribution in [2.45, 2.75) is 57.1 Å². The lowest BCUT2D eigenvalue weighted by molar-refractivity contribution is -0.124. The van der Waals surface area contributed by atoms with E-state index < -0.39 is 0 Å². The van der Waals surface area contributed by atoms with Gasteiger partial charge in [-0.2, -0.15) is 0 Å². The lowest BCUT2D eigenvalue weighted by Crippen LogP contribution is -2.49. The number of aliphatic hydroxyl groups is 1. The fraction of sp³-hybridized carbons (Fsp3) is 0.917. The van der Waals surface area contributed by atoms with Crippen molar-refractivity contribution in [2.24, 2.45) is 0 Å². The molecule has 2 N–H and O–H groups in total. The minimum absolute atomic E-state index is 0.0276. The maximum absolute atomic E-state index is 11.7. The van der Waals surface area contributed by atoms with E-state index in [-0.39, 0.29) is 24.2 Å². The molecule has 0 bridgehead atoms. The van der Waals surface area contributed by atoms with Crippen LogP contribution in [-0.2, 0) is 9.53 Å². The Morgan fingerprint density at radius 3 is 2.62 bits per heavy atom. The number of amides is 1. The predicted molar refractivity (Wildman–Crippen MR) is 62.1 cm³/mol. The highest BCUT2D eigenvalue weighted by atomic mass is 16.5. The van der Waals surface area contributed by atoms with Crippen LogP contribution in [0.2, 0.25) is 0 Å². The number of hydrogen-bond donors (Lipinski definition) is 2. The summed E-state index contributed by atoms with van der Waals surface area (Å²) in [6.45, 7) is 2.00. The zero-order chi connectivity index (χ0) is 12.0. The van der Waals surface area contributed by atoms with Crippen LogP contribution >= 0.6 is 0 Å². The van der Waals surface area contributed by atoms with Gasteiger partial charge in [-0.3, -0.25) is 4.79 Å². The summed E-state index contributed by atoms with van der Waals surface area (Å²) in [5, 5.41) is 12.3. The molecule has 4 heteroatoms. The first-order valence-corrected chi connectivity index (χ1v) is 6.06. The second-order valence-corrected chi connectivity index (χ2v) is 4.78. The maximum Gasteiger partial charge on any atom is 0.220 e. The summed E-state index contributed by atoms with van der Waals surface area (Å²) >= 11 is 0. The van der Waals surface area contributed by atoms with Gasteiger partial charge in [0.25, 0.3) is 0 Å². The molecule has 94 valence electrons. The molecule has 0 aromatic rings. The molecule has 1 atom stereocenters. The molecule has 0 aromatic carbocycles. The van der Waals surface area contributed by atoms with Gasteiger partial charge in [0.2, 0.25) is 5.91 Å². The van der Waals surface area contributed by atoms with Crippen molar-refractivity contribution < 1.29 is 14.6 Å². The largest absolute Gasteiger partial charge is 0.394 e. The van der Waals surface area contributed by atoms with E-state index >= 15 is 0 Å². The van der Waals surface area contributed by atoms with Gasteiger partial charge in [-0.05, 0) is 26.2 Å². The minimum Gasteiger partial charge on any atom is -0.394 e. The molecular formula is C12H23NO3. The first-order valence-electron chi connectivity index (χ1n) is 6.06. The number of methoxy groups -OCH3 is 1. The van der Waals surface area contributed by atoms with Gasteiger partial charge in [0.15, 0.2) is 0 Å². The first-order chi connectivity index (χ1) is 7.62. The van der Waals surface area contributed by atoms with Crippen molar-refractivity contribution in [1.29, 1.82) is 0 Å². The lowest BCUT2D eigenvalue weighted by Gasteiger charge is -2.28. The quantitative estimate of drug-likeness (QED) is 0.720.